The summed E-state index contributed by atoms with van der Waals surface area (Å²) >= 11 is 0. The summed E-state index contributed by atoms with van der Waals surface area (Å²) in [5, 5.41) is 7.38. The molecular formula is C57H42N2. The van der Waals surface area contributed by atoms with Gasteiger partial charge in [-0.15, -0.1) is 0 Å². The zero-order chi connectivity index (χ0) is 39.5. The van der Waals surface area contributed by atoms with Crippen LogP contribution in [0.4, 0.5) is 34.1 Å². The van der Waals surface area contributed by atoms with Gasteiger partial charge in [0.15, 0.2) is 0 Å². The minimum atomic E-state index is -0.232. The zero-order valence-electron chi connectivity index (χ0n) is 33.2. The van der Waals surface area contributed by atoms with Gasteiger partial charge in [0.1, 0.15) is 0 Å². The molecule has 1 aliphatic heterocycles. The maximum Gasteiger partial charge on any atom is 0.0618 e. The molecule has 2 heteroatoms. The number of para-hydroxylation sites is 2. The molecule has 0 fully saturated rings. The van der Waals surface area contributed by atoms with Crippen LogP contribution in [0.1, 0.15) is 25.0 Å². The van der Waals surface area contributed by atoms with Crippen LogP contribution in [0.25, 0.3) is 54.6 Å². The molecule has 0 N–H and O–H groups in total. The van der Waals surface area contributed by atoms with Gasteiger partial charge in [0.05, 0.1) is 22.7 Å². The van der Waals surface area contributed by atoms with Gasteiger partial charge >= 0.3 is 0 Å². The SMILES string of the molecule is CC1(C)c2ccccc2N(c2c(-c3ccc(N(c4ccccc4)c4cccc5ccccc45)cc3)ccc3ccccc23)c2ccc(-c3ccc4ccccc4c3)cc21. The summed E-state index contributed by atoms with van der Waals surface area (Å²) in [4.78, 5) is 4.91. The Hall–Kier alpha value is -7.42. The van der Waals surface area contributed by atoms with Crippen molar-refractivity contribution >= 4 is 66.4 Å². The monoisotopic (exact) mass is 754 g/mol. The highest BCUT2D eigenvalue weighted by molar-refractivity contribution is 6.08. The predicted molar refractivity (Wildman–Crippen MR) is 251 cm³/mol. The minimum absolute atomic E-state index is 0.232. The molecule has 10 aromatic rings. The summed E-state index contributed by atoms with van der Waals surface area (Å²) in [5.74, 6) is 0. The van der Waals surface area contributed by atoms with Crippen LogP contribution in [0, 0.1) is 0 Å². The van der Waals surface area contributed by atoms with Crippen LogP contribution in [-0.4, -0.2) is 0 Å². The molecule has 2 nitrogen and oxygen atoms in total. The van der Waals surface area contributed by atoms with Crippen molar-refractivity contribution in [2.75, 3.05) is 9.80 Å². The Kier molecular flexibility index (Phi) is 8.20. The maximum atomic E-state index is 2.54. The molecule has 10 aromatic carbocycles. The van der Waals surface area contributed by atoms with E-state index in [-0.39, 0.29) is 5.41 Å². The first-order valence-corrected chi connectivity index (χ1v) is 20.5. The van der Waals surface area contributed by atoms with Crippen molar-refractivity contribution in [3.8, 4) is 22.3 Å². The molecule has 0 saturated carbocycles. The summed E-state index contributed by atoms with van der Waals surface area (Å²) in [6.45, 7) is 4.76. The summed E-state index contributed by atoms with van der Waals surface area (Å²) in [6.07, 6.45) is 0. The molecule has 280 valence electrons. The summed E-state index contributed by atoms with van der Waals surface area (Å²) < 4.78 is 0. The molecule has 0 spiro atoms. The van der Waals surface area contributed by atoms with Crippen molar-refractivity contribution in [2.24, 2.45) is 0 Å². The van der Waals surface area contributed by atoms with Gasteiger partial charge in [-0.1, -0.05) is 178 Å². The van der Waals surface area contributed by atoms with Crippen LogP contribution in [0.2, 0.25) is 0 Å². The van der Waals surface area contributed by atoms with E-state index in [0.717, 1.165) is 22.6 Å². The first-order valence-electron chi connectivity index (χ1n) is 20.5. The first-order chi connectivity index (χ1) is 29.0. The highest BCUT2D eigenvalue weighted by Gasteiger charge is 2.38. The van der Waals surface area contributed by atoms with Gasteiger partial charge in [-0.05, 0) is 104 Å². The summed E-state index contributed by atoms with van der Waals surface area (Å²) in [5.41, 5.74) is 14.2. The average molecular weight is 755 g/mol. The standard InChI is InChI=1S/C57H42N2/c1-57(2)51-24-12-13-25-54(51)59(55-36-32-45(38-52(55)57)44-28-27-39-15-6-7-18-43(39)37-44)56-49-23-11-9-17-41(49)31-35-50(56)42-29-33-47(34-30-42)58(46-20-4-3-5-21-46)53-26-14-19-40-16-8-10-22-48(40)53/h3-38H,1-2H3. The fourth-order valence-corrected chi connectivity index (χ4v) is 9.42. The molecule has 0 bridgehead atoms. The van der Waals surface area contributed by atoms with Crippen molar-refractivity contribution in [3.63, 3.8) is 0 Å². The molecule has 0 saturated heterocycles. The molecule has 0 amide bonds. The third-order valence-corrected chi connectivity index (χ3v) is 12.4. The van der Waals surface area contributed by atoms with Crippen molar-refractivity contribution < 1.29 is 0 Å². The lowest BCUT2D eigenvalue weighted by molar-refractivity contribution is 0.632. The van der Waals surface area contributed by atoms with E-state index < -0.39 is 0 Å². The smallest absolute Gasteiger partial charge is 0.0618 e. The number of fused-ring (bicyclic) bond motifs is 5. The fourth-order valence-electron chi connectivity index (χ4n) is 9.42. The molecule has 1 heterocycles. The lowest BCUT2D eigenvalue weighted by Crippen LogP contribution is -2.31. The Labute approximate surface area is 345 Å². The van der Waals surface area contributed by atoms with E-state index in [0.29, 0.717) is 0 Å². The van der Waals surface area contributed by atoms with Crippen molar-refractivity contribution in [3.05, 3.63) is 230 Å². The lowest BCUT2D eigenvalue weighted by Gasteiger charge is -2.43. The molecule has 0 aromatic heterocycles. The Morgan fingerprint density at radius 1 is 0.373 bits per heavy atom. The van der Waals surface area contributed by atoms with E-state index in [1.165, 1.54) is 77.2 Å². The van der Waals surface area contributed by atoms with Gasteiger partial charge in [0, 0.05) is 33.1 Å². The fraction of sp³-hybridized carbons (Fsp3) is 0.0526. The second kappa shape index (κ2) is 13.9. The average Bonchev–Trinajstić information content (AvgIpc) is 3.30. The van der Waals surface area contributed by atoms with Crippen LogP contribution in [0.3, 0.4) is 0 Å². The quantitative estimate of drug-likeness (QED) is 0.167. The largest absolute Gasteiger partial charge is 0.310 e. The van der Waals surface area contributed by atoms with Gasteiger partial charge in [-0.3, -0.25) is 0 Å². The van der Waals surface area contributed by atoms with Gasteiger partial charge in [0.25, 0.3) is 0 Å². The maximum absolute atomic E-state index is 2.54. The van der Waals surface area contributed by atoms with Crippen LogP contribution < -0.4 is 9.80 Å². The molecule has 0 unspecified atom stereocenters. The van der Waals surface area contributed by atoms with E-state index in [9.17, 15) is 0 Å². The number of anilines is 6. The van der Waals surface area contributed by atoms with Gasteiger partial charge < -0.3 is 9.80 Å². The van der Waals surface area contributed by atoms with E-state index >= 15 is 0 Å². The number of hydrogen-bond donors (Lipinski definition) is 0. The number of rotatable bonds is 6. The third kappa shape index (κ3) is 5.79. The molecule has 11 rings (SSSR count). The first kappa shape index (κ1) is 34.8. The topological polar surface area (TPSA) is 6.48 Å². The van der Waals surface area contributed by atoms with E-state index in [2.05, 4.69) is 242 Å². The van der Waals surface area contributed by atoms with Crippen molar-refractivity contribution in [1.82, 2.24) is 0 Å². The molecule has 0 radical (unpaired) electrons. The zero-order valence-corrected chi connectivity index (χ0v) is 33.2. The van der Waals surface area contributed by atoms with E-state index in [1.54, 1.807) is 0 Å². The molecule has 1 aliphatic rings. The Morgan fingerprint density at radius 3 is 1.75 bits per heavy atom. The Morgan fingerprint density at radius 2 is 0.932 bits per heavy atom. The lowest BCUT2D eigenvalue weighted by atomic mass is 9.72. The van der Waals surface area contributed by atoms with Crippen molar-refractivity contribution in [2.45, 2.75) is 19.3 Å². The molecule has 0 atom stereocenters. The molecule has 0 aliphatic carbocycles. The van der Waals surface area contributed by atoms with E-state index in [1.807, 2.05) is 0 Å². The van der Waals surface area contributed by atoms with Gasteiger partial charge in [0.2, 0.25) is 0 Å². The number of hydrogen-bond acceptors (Lipinski definition) is 2. The van der Waals surface area contributed by atoms with Crippen LogP contribution in [0.15, 0.2) is 218 Å². The van der Waals surface area contributed by atoms with Gasteiger partial charge in [-0.2, -0.15) is 0 Å². The summed E-state index contributed by atoms with van der Waals surface area (Å²) in [7, 11) is 0. The highest BCUT2D eigenvalue weighted by atomic mass is 15.2. The van der Waals surface area contributed by atoms with Crippen LogP contribution in [0.5, 0.6) is 0 Å². The van der Waals surface area contributed by atoms with Crippen molar-refractivity contribution in [1.29, 1.82) is 0 Å². The van der Waals surface area contributed by atoms with E-state index in [4.69, 9.17) is 0 Å². The van der Waals surface area contributed by atoms with Crippen LogP contribution in [-0.2, 0) is 5.41 Å². The normalized spacial score (nSPS) is 13.0. The predicted octanol–water partition coefficient (Wildman–Crippen LogP) is 16.1. The third-order valence-electron chi connectivity index (χ3n) is 12.4. The van der Waals surface area contributed by atoms with Crippen LogP contribution >= 0.6 is 0 Å². The second-order valence-corrected chi connectivity index (χ2v) is 16.2. The summed E-state index contributed by atoms with van der Waals surface area (Å²) in [6, 6.07) is 80.0. The van der Waals surface area contributed by atoms with Gasteiger partial charge in [-0.25, -0.2) is 0 Å². The molecule has 59 heavy (non-hydrogen) atoms. The number of benzene rings is 10. The Balaban J connectivity index is 1.09. The highest BCUT2D eigenvalue weighted by Crippen LogP contribution is 2.55. The second-order valence-electron chi connectivity index (χ2n) is 16.2. The minimum Gasteiger partial charge on any atom is -0.310 e. The number of nitrogens with zero attached hydrogens (tertiary/aromatic N) is 2. The Bertz CT molecular complexity index is 3190. The molecular weight excluding hydrogens is 713 g/mol.